The average molecular weight is 673 g/mol. The number of anilines is 1. The van der Waals surface area contributed by atoms with Crippen molar-refractivity contribution >= 4 is 37.5 Å². The molecule has 1 heterocycles. The van der Waals surface area contributed by atoms with E-state index in [-0.39, 0.29) is 25.3 Å². The third kappa shape index (κ3) is 11.3. The van der Waals surface area contributed by atoms with E-state index in [0.29, 0.717) is 36.6 Å². The Kier molecular flexibility index (Phi) is 12.4. The first kappa shape index (κ1) is 34.7. The van der Waals surface area contributed by atoms with E-state index in [4.69, 9.17) is 9.47 Å². The number of rotatable bonds is 15. The van der Waals surface area contributed by atoms with Crippen LogP contribution >= 0.6 is 0 Å². The molecular formula is C32H40N4O8S2. The lowest BCUT2D eigenvalue weighted by Crippen LogP contribution is -2.57. The van der Waals surface area contributed by atoms with Gasteiger partial charge in [0.05, 0.1) is 37.6 Å². The van der Waals surface area contributed by atoms with Crippen molar-refractivity contribution in [2.45, 2.75) is 30.7 Å². The van der Waals surface area contributed by atoms with Crippen LogP contribution in [0.4, 0.5) is 10.5 Å². The highest BCUT2D eigenvalue weighted by molar-refractivity contribution is 7.92. The Bertz CT molecular complexity index is 1630. The molecule has 0 aliphatic carbocycles. The van der Waals surface area contributed by atoms with Crippen LogP contribution in [-0.2, 0) is 41.6 Å². The van der Waals surface area contributed by atoms with E-state index in [9.17, 15) is 26.4 Å². The SMILES string of the molecule is COc1ccc(NS(=O)(=O)C[C@H](CCc2ccccc2)NC(=O)[C@H](CS(=O)(=O)Cc2ccccc2)NC(=O)N2CCOCC2)cc1. The number of sulfone groups is 1. The summed E-state index contributed by atoms with van der Waals surface area (Å²) in [5.41, 5.74) is 1.79. The number of hydrogen-bond acceptors (Lipinski definition) is 8. The number of ether oxygens (including phenoxy) is 2. The van der Waals surface area contributed by atoms with Crippen molar-refractivity contribution in [3.8, 4) is 5.75 Å². The number of amides is 3. The zero-order valence-corrected chi connectivity index (χ0v) is 27.3. The zero-order chi connectivity index (χ0) is 33.0. The molecule has 3 aromatic carbocycles. The number of aryl methyl sites for hydroxylation is 1. The number of nitrogens with zero attached hydrogens (tertiary/aromatic N) is 1. The summed E-state index contributed by atoms with van der Waals surface area (Å²) in [7, 11) is -6.36. The van der Waals surface area contributed by atoms with Crippen molar-refractivity contribution < 1.29 is 35.9 Å². The third-order valence-electron chi connectivity index (χ3n) is 7.32. The molecule has 4 rings (SSSR count). The number of urea groups is 1. The van der Waals surface area contributed by atoms with Crippen molar-refractivity contribution in [1.29, 1.82) is 0 Å². The molecule has 14 heteroatoms. The average Bonchev–Trinajstić information content (AvgIpc) is 3.04. The molecule has 1 saturated heterocycles. The lowest BCUT2D eigenvalue weighted by atomic mass is 10.1. The van der Waals surface area contributed by atoms with Gasteiger partial charge in [0, 0.05) is 24.8 Å². The van der Waals surface area contributed by atoms with E-state index in [2.05, 4.69) is 15.4 Å². The molecule has 0 aromatic heterocycles. The minimum atomic E-state index is -3.98. The summed E-state index contributed by atoms with van der Waals surface area (Å²) in [6, 6.07) is 21.3. The van der Waals surface area contributed by atoms with Crippen LogP contribution in [-0.4, -0.2) is 90.7 Å². The Morgan fingerprint density at radius 1 is 0.826 bits per heavy atom. The molecule has 3 N–H and O–H groups in total. The van der Waals surface area contributed by atoms with Crippen molar-refractivity contribution in [3.05, 3.63) is 96.1 Å². The highest BCUT2D eigenvalue weighted by Crippen LogP contribution is 2.17. The number of morpholine rings is 1. The normalized spacial score (nSPS) is 14.9. The van der Waals surface area contributed by atoms with Crippen molar-refractivity contribution in [1.82, 2.24) is 15.5 Å². The number of nitrogens with one attached hydrogen (secondary N) is 3. The lowest BCUT2D eigenvalue weighted by molar-refractivity contribution is -0.123. The molecule has 46 heavy (non-hydrogen) atoms. The Hall–Kier alpha value is -4.14. The molecule has 3 aromatic rings. The van der Waals surface area contributed by atoms with Crippen LogP contribution in [0.2, 0.25) is 0 Å². The molecule has 2 atom stereocenters. The largest absolute Gasteiger partial charge is 0.497 e. The zero-order valence-electron chi connectivity index (χ0n) is 25.6. The van der Waals surface area contributed by atoms with Gasteiger partial charge < -0.3 is 25.0 Å². The Morgan fingerprint density at radius 3 is 2.04 bits per heavy atom. The predicted octanol–water partition coefficient (Wildman–Crippen LogP) is 2.58. The van der Waals surface area contributed by atoms with Crippen LogP contribution in [0, 0.1) is 0 Å². The maximum atomic E-state index is 13.8. The Balaban J connectivity index is 1.53. The maximum absolute atomic E-state index is 13.8. The first-order valence-corrected chi connectivity index (χ1v) is 18.4. The first-order valence-electron chi connectivity index (χ1n) is 14.9. The van der Waals surface area contributed by atoms with Gasteiger partial charge in [-0.3, -0.25) is 9.52 Å². The molecule has 12 nitrogen and oxygen atoms in total. The van der Waals surface area contributed by atoms with Gasteiger partial charge >= 0.3 is 6.03 Å². The highest BCUT2D eigenvalue weighted by Gasteiger charge is 2.32. The van der Waals surface area contributed by atoms with Crippen LogP contribution in [0.1, 0.15) is 17.5 Å². The van der Waals surface area contributed by atoms with Gasteiger partial charge in [0.2, 0.25) is 15.9 Å². The smallest absolute Gasteiger partial charge is 0.318 e. The van der Waals surface area contributed by atoms with Crippen LogP contribution < -0.4 is 20.1 Å². The van der Waals surface area contributed by atoms with E-state index >= 15 is 0 Å². The molecule has 1 aliphatic heterocycles. The fraction of sp³-hybridized carbons (Fsp3) is 0.375. The quantitative estimate of drug-likeness (QED) is 0.222. The minimum absolute atomic E-state index is 0.236. The summed E-state index contributed by atoms with van der Waals surface area (Å²) in [5, 5.41) is 5.33. The number of carbonyl (C=O) groups is 2. The predicted molar refractivity (Wildman–Crippen MR) is 176 cm³/mol. The molecule has 0 saturated carbocycles. The van der Waals surface area contributed by atoms with E-state index in [0.717, 1.165) is 5.56 Å². The molecule has 1 fully saturated rings. The van der Waals surface area contributed by atoms with Gasteiger partial charge in [0.25, 0.3) is 0 Å². The summed E-state index contributed by atoms with van der Waals surface area (Å²) in [6.07, 6.45) is 0.682. The van der Waals surface area contributed by atoms with E-state index in [1.54, 1.807) is 54.6 Å². The topological polar surface area (TPSA) is 160 Å². The fourth-order valence-corrected chi connectivity index (χ4v) is 7.88. The molecule has 0 radical (unpaired) electrons. The van der Waals surface area contributed by atoms with Crippen LogP contribution in [0.3, 0.4) is 0 Å². The van der Waals surface area contributed by atoms with Gasteiger partial charge in [-0.25, -0.2) is 21.6 Å². The van der Waals surface area contributed by atoms with Crippen molar-refractivity contribution in [2.75, 3.05) is 49.6 Å². The minimum Gasteiger partial charge on any atom is -0.497 e. The van der Waals surface area contributed by atoms with Gasteiger partial charge in [0.15, 0.2) is 9.84 Å². The standard InChI is InChI=1S/C32H40N4O8S2/c1-43-29-16-14-27(15-17-29)35-46(41,42)23-28(13-12-25-8-4-2-5-9-25)33-31(37)30(34-32(38)36-18-20-44-21-19-36)24-45(39,40)22-26-10-6-3-7-11-26/h2-11,14-17,28,30,35H,12-13,18-24H2,1H3,(H,33,37)(H,34,38)/t28-,30-/m0/s1. The maximum Gasteiger partial charge on any atom is 0.318 e. The fourth-order valence-electron chi connectivity index (χ4n) is 4.96. The highest BCUT2D eigenvalue weighted by atomic mass is 32.2. The second-order valence-corrected chi connectivity index (χ2v) is 14.9. The molecule has 1 aliphatic rings. The second kappa shape index (κ2) is 16.4. The first-order chi connectivity index (χ1) is 22.0. The van der Waals surface area contributed by atoms with Gasteiger partial charge in [-0.1, -0.05) is 60.7 Å². The summed E-state index contributed by atoms with van der Waals surface area (Å²) < 4.78 is 66.0. The van der Waals surface area contributed by atoms with E-state index in [1.165, 1.54) is 12.0 Å². The molecule has 3 amide bonds. The lowest BCUT2D eigenvalue weighted by Gasteiger charge is -2.29. The second-order valence-electron chi connectivity index (χ2n) is 11.0. The van der Waals surface area contributed by atoms with Crippen molar-refractivity contribution in [2.24, 2.45) is 0 Å². The number of methoxy groups -OCH3 is 1. The van der Waals surface area contributed by atoms with E-state index in [1.807, 2.05) is 30.3 Å². The summed E-state index contributed by atoms with van der Waals surface area (Å²) >= 11 is 0. The Labute approximate surface area is 270 Å². The number of sulfonamides is 1. The number of hydrogen-bond donors (Lipinski definition) is 3. The molecule has 0 unspecified atom stereocenters. The van der Waals surface area contributed by atoms with Gasteiger partial charge in [-0.05, 0) is 48.2 Å². The van der Waals surface area contributed by atoms with Crippen LogP contribution in [0.5, 0.6) is 5.75 Å². The molecular weight excluding hydrogens is 633 g/mol. The van der Waals surface area contributed by atoms with Crippen LogP contribution in [0.25, 0.3) is 0 Å². The van der Waals surface area contributed by atoms with Crippen LogP contribution in [0.15, 0.2) is 84.9 Å². The summed E-state index contributed by atoms with van der Waals surface area (Å²) in [4.78, 5) is 28.3. The van der Waals surface area contributed by atoms with Gasteiger partial charge in [0.1, 0.15) is 11.8 Å². The Morgan fingerprint density at radius 2 is 1.43 bits per heavy atom. The van der Waals surface area contributed by atoms with Gasteiger partial charge in [-0.15, -0.1) is 0 Å². The number of benzene rings is 3. The van der Waals surface area contributed by atoms with Gasteiger partial charge in [-0.2, -0.15) is 0 Å². The molecule has 0 spiro atoms. The van der Waals surface area contributed by atoms with Crippen molar-refractivity contribution in [3.63, 3.8) is 0 Å². The monoisotopic (exact) mass is 672 g/mol. The summed E-state index contributed by atoms with van der Waals surface area (Å²) in [6.45, 7) is 1.20. The number of carbonyl (C=O) groups excluding carboxylic acids is 2. The molecule has 0 bridgehead atoms. The molecule has 248 valence electrons. The summed E-state index contributed by atoms with van der Waals surface area (Å²) in [5.74, 6) is -1.73. The third-order valence-corrected chi connectivity index (χ3v) is 10.3. The van der Waals surface area contributed by atoms with E-state index < -0.39 is 55.4 Å².